The fourth-order valence-electron chi connectivity index (χ4n) is 1.73. The van der Waals surface area contributed by atoms with Crippen LogP contribution in [0.25, 0.3) is 0 Å². The van der Waals surface area contributed by atoms with E-state index in [0.717, 1.165) is 16.8 Å². The number of pyridine rings is 1. The summed E-state index contributed by atoms with van der Waals surface area (Å²) in [7, 11) is 1.58. The number of hydrogen-bond donors (Lipinski definition) is 2. The maximum absolute atomic E-state index is 9.26. The van der Waals surface area contributed by atoms with Crippen LogP contribution in [0.2, 0.25) is 5.15 Å². The van der Waals surface area contributed by atoms with Crippen LogP contribution in [0.1, 0.15) is 11.1 Å². The molecule has 2 N–H and O–H groups in total. The summed E-state index contributed by atoms with van der Waals surface area (Å²) in [5.41, 5.74) is 2.70. The van der Waals surface area contributed by atoms with Gasteiger partial charge in [0.05, 0.1) is 13.7 Å². The number of hydrogen-bond acceptors (Lipinski definition) is 4. The van der Waals surface area contributed by atoms with E-state index in [1.807, 2.05) is 24.3 Å². The van der Waals surface area contributed by atoms with Gasteiger partial charge < -0.3 is 15.2 Å². The number of methoxy groups -OCH3 is 1. The number of rotatable bonds is 5. The van der Waals surface area contributed by atoms with E-state index in [1.165, 1.54) is 0 Å². The van der Waals surface area contributed by atoms with Gasteiger partial charge >= 0.3 is 0 Å². The third-order valence-corrected chi connectivity index (χ3v) is 2.96. The Morgan fingerprint density at radius 2 is 2.16 bits per heavy atom. The molecule has 0 saturated heterocycles. The van der Waals surface area contributed by atoms with Crippen molar-refractivity contribution in [1.29, 1.82) is 0 Å². The molecule has 0 amide bonds. The van der Waals surface area contributed by atoms with E-state index >= 15 is 0 Å². The number of ether oxygens (including phenoxy) is 1. The van der Waals surface area contributed by atoms with Gasteiger partial charge in [-0.3, -0.25) is 0 Å². The van der Waals surface area contributed by atoms with Crippen LogP contribution in [0.5, 0.6) is 5.75 Å². The lowest BCUT2D eigenvalue weighted by atomic mass is 10.2. The zero-order chi connectivity index (χ0) is 13.7. The molecular formula is C14H15ClN2O2. The molecule has 1 aromatic carbocycles. The van der Waals surface area contributed by atoms with Crippen LogP contribution < -0.4 is 10.1 Å². The predicted octanol–water partition coefficient (Wildman–Crippen LogP) is 2.85. The molecule has 0 aliphatic carbocycles. The third-order valence-electron chi connectivity index (χ3n) is 2.74. The third kappa shape index (κ3) is 3.59. The maximum Gasteiger partial charge on any atom is 0.129 e. The van der Waals surface area contributed by atoms with E-state index in [9.17, 15) is 5.11 Å². The molecule has 100 valence electrons. The van der Waals surface area contributed by atoms with E-state index in [-0.39, 0.29) is 6.61 Å². The average Bonchev–Trinajstić information content (AvgIpc) is 2.46. The van der Waals surface area contributed by atoms with Gasteiger partial charge in [0.25, 0.3) is 0 Å². The van der Waals surface area contributed by atoms with Gasteiger partial charge in [0, 0.05) is 24.0 Å². The van der Waals surface area contributed by atoms with Crippen molar-refractivity contribution in [3.8, 4) is 5.75 Å². The molecule has 0 spiro atoms. The largest absolute Gasteiger partial charge is 0.496 e. The Hall–Kier alpha value is -1.78. The number of halogens is 1. The van der Waals surface area contributed by atoms with Crippen LogP contribution in [0.4, 0.5) is 5.69 Å². The van der Waals surface area contributed by atoms with Crippen LogP contribution in [0.3, 0.4) is 0 Å². The molecule has 1 aromatic heterocycles. The van der Waals surface area contributed by atoms with Crippen LogP contribution in [0.15, 0.2) is 36.5 Å². The molecule has 2 aromatic rings. The van der Waals surface area contributed by atoms with E-state index in [1.54, 1.807) is 19.4 Å². The molecule has 0 aliphatic rings. The van der Waals surface area contributed by atoms with E-state index in [4.69, 9.17) is 16.3 Å². The van der Waals surface area contributed by atoms with Crippen molar-refractivity contribution in [1.82, 2.24) is 4.98 Å². The highest BCUT2D eigenvalue weighted by molar-refractivity contribution is 6.29. The lowest BCUT2D eigenvalue weighted by molar-refractivity contribution is 0.274. The van der Waals surface area contributed by atoms with Gasteiger partial charge in [-0.25, -0.2) is 4.98 Å². The number of anilines is 1. The summed E-state index contributed by atoms with van der Waals surface area (Å²) in [6.45, 7) is 0.586. The zero-order valence-corrected chi connectivity index (χ0v) is 11.3. The predicted molar refractivity (Wildman–Crippen MR) is 75.5 cm³/mol. The van der Waals surface area contributed by atoms with Crippen molar-refractivity contribution < 1.29 is 9.84 Å². The minimum absolute atomic E-state index is 0.0544. The Kier molecular flexibility index (Phi) is 4.60. The van der Waals surface area contributed by atoms with Gasteiger partial charge in [-0.1, -0.05) is 17.7 Å². The first-order chi connectivity index (χ1) is 9.22. The first kappa shape index (κ1) is 13.6. The minimum atomic E-state index is -0.0544. The molecule has 0 bridgehead atoms. The normalized spacial score (nSPS) is 10.3. The Balaban J connectivity index is 2.05. The lowest BCUT2D eigenvalue weighted by Crippen LogP contribution is -2.01. The topological polar surface area (TPSA) is 54.4 Å². The second-order valence-corrected chi connectivity index (χ2v) is 4.41. The highest BCUT2D eigenvalue weighted by Crippen LogP contribution is 2.22. The quantitative estimate of drug-likeness (QED) is 0.826. The number of aromatic nitrogens is 1. The van der Waals surface area contributed by atoms with E-state index in [0.29, 0.717) is 17.4 Å². The Bertz CT molecular complexity index is 544. The van der Waals surface area contributed by atoms with Crippen LogP contribution in [0, 0.1) is 0 Å². The number of aliphatic hydroxyl groups is 1. The van der Waals surface area contributed by atoms with Gasteiger partial charge in [0.2, 0.25) is 0 Å². The summed E-state index contributed by atoms with van der Waals surface area (Å²) < 4.78 is 5.15. The highest BCUT2D eigenvalue weighted by atomic mass is 35.5. The SMILES string of the molecule is COc1ccc(NCc2ccc(Cl)nc2)cc1CO. The second-order valence-electron chi connectivity index (χ2n) is 4.03. The maximum atomic E-state index is 9.26. The molecule has 0 atom stereocenters. The van der Waals surface area contributed by atoms with Crippen LogP contribution in [-0.4, -0.2) is 17.2 Å². The van der Waals surface area contributed by atoms with Gasteiger partial charge in [0.15, 0.2) is 0 Å². The Morgan fingerprint density at radius 1 is 1.32 bits per heavy atom. The number of benzene rings is 1. The first-order valence-electron chi connectivity index (χ1n) is 5.85. The first-order valence-corrected chi connectivity index (χ1v) is 6.23. The van der Waals surface area contributed by atoms with Gasteiger partial charge in [-0.15, -0.1) is 0 Å². The van der Waals surface area contributed by atoms with Gasteiger partial charge in [-0.05, 0) is 29.8 Å². The van der Waals surface area contributed by atoms with Crippen molar-refractivity contribution in [2.45, 2.75) is 13.2 Å². The Labute approximate surface area is 117 Å². The van der Waals surface area contributed by atoms with Crippen molar-refractivity contribution in [3.05, 3.63) is 52.8 Å². The van der Waals surface area contributed by atoms with Crippen molar-refractivity contribution >= 4 is 17.3 Å². The number of nitrogens with zero attached hydrogens (tertiary/aromatic N) is 1. The molecule has 5 heteroatoms. The molecule has 0 saturated carbocycles. The monoisotopic (exact) mass is 278 g/mol. The van der Waals surface area contributed by atoms with Gasteiger partial charge in [-0.2, -0.15) is 0 Å². The average molecular weight is 279 g/mol. The molecule has 0 radical (unpaired) electrons. The summed E-state index contributed by atoms with van der Waals surface area (Å²) in [5, 5.41) is 13.0. The van der Waals surface area contributed by atoms with Crippen molar-refractivity contribution in [2.75, 3.05) is 12.4 Å². The van der Waals surface area contributed by atoms with E-state index in [2.05, 4.69) is 10.3 Å². The minimum Gasteiger partial charge on any atom is -0.496 e. The summed E-state index contributed by atoms with van der Waals surface area (Å²) >= 11 is 5.73. The molecule has 1 heterocycles. The summed E-state index contributed by atoms with van der Waals surface area (Å²) in [6.07, 6.45) is 1.73. The highest BCUT2D eigenvalue weighted by Gasteiger charge is 2.03. The number of aliphatic hydroxyl groups excluding tert-OH is 1. The molecule has 0 unspecified atom stereocenters. The number of nitrogens with one attached hydrogen (secondary N) is 1. The van der Waals surface area contributed by atoms with Crippen molar-refractivity contribution in [2.24, 2.45) is 0 Å². The summed E-state index contributed by atoms with van der Waals surface area (Å²) in [6, 6.07) is 9.27. The van der Waals surface area contributed by atoms with E-state index < -0.39 is 0 Å². The zero-order valence-electron chi connectivity index (χ0n) is 10.6. The molecule has 2 rings (SSSR count). The lowest BCUT2D eigenvalue weighted by Gasteiger charge is -2.10. The Morgan fingerprint density at radius 3 is 2.79 bits per heavy atom. The smallest absolute Gasteiger partial charge is 0.129 e. The van der Waals surface area contributed by atoms with Crippen LogP contribution in [-0.2, 0) is 13.2 Å². The molecule has 19 heavy (non-hydrogen) atoms. The molecule has 0 fully saturated rings. The van der Waals surface area contributed by atoms with Gasteiger partial charge in [0.1, 0.15) is 10.9 Å². The second kappa shape index (κ2) is 6.41. The fourth-order valence-corrected chi connectivity index (χ4v) is 1.84. The van der Waals surface area contributed by atoms with Crippen molar-refractivity contribution in [3.63, 3.8) is 0 Å². The standard InChI is InChI=1S/C14H15ClN2O2/c1-19-13-4-3-12(6-11(13)9-18)16-7-10-2-5-14(15)17-8-10/h2-6,8,16,18H,7,9H2,1H3. The summed E-state index contributed by atoms with van der Waals surface area (Å²) in [5.74, 6) is 0.682. The van der Waals surface area contributed by atoms with Crippen LogP contribution >= 0.6 is 11.6 Å². The fraction of sp³-hybridized carbons (Fsp3) is 0.214. The summed E-state index contributed by atoms with van der Waals surface area (Å²) in [4.78, 5) is 4.02. The molecule has 4 nitrogen and oxygen atoms in total. The molecule has 0 aliphatic heterocycles. The molecular weight excluding hydrogens is 264 g/mol.